The highest BCUT2D eigenvalue weighted by Gasteiger charge is 2.58. The number of hydrogen-bond donors (Lipinski definition) is 1. The van der Waals surface area contributed by atoms with E-state index in [9.17, 15) is 4.79 Å². The van der Waals surface area contributed by atoms with Gasteiger partial charge in [0.05, 0.1) is 13.2 Å². The lowest BCUT2D eigenvalue weighted by atomic mass is 9.42. The summed E-state index contributed by atoms with van der Waals surface area (Å²) in [6, 6.07) is 11.2. The van der Waals surface area contributed by atoms with E-state index < -0.39 is 0 Å². The van der Waals surface area contributed by atoms with Gasteiger partial charge in [-0.1, -0.05) is 30.3 Å². The number of carbonyl (C=O) groups excluding carboxylic acids is 1. The molecule has 28 heavy (non-hydrogen) atoms. The van der Waals surface area contributed by atoms with Crippen LogP contribution in [0.1, 0.15) is 50.5 Å². The molecule has 0 radical (unpaired) electrons. The smallest absolute Gasteiger partial charge is 0.220 e. The lowest BCUT2D eigenvalue weighted by Gasteiger charge is -2.62. The Morgan fingerprint density at radius 1 is 1.07 bits per heavy atom. The summed E-state index contributed by atoms with van der Waals surface area (Å²) in [6.07, 6.45) is 8.58. The first-order valence-corrected chi connectivity index (χ1v) is 11.3. The van der Waals surface area contributed by atoms with Gasteiger partial charge in [0, 0.05) is 32.6 Å². The Kier molecular flexibility index (Phi) is 4.96. The van der Waals surface area contributed by atoms with Gasteiger partial charge in [-0.3, -0.25) is 9.69 Å². The Morgan fingerprint density at radius 3 is 2.50 bits per heavy atom. The van der Waals surface area contributed by atoms with E-state index in [1.807, 2.05) is 0 Å². The SMILES string of the molecule is O=C(CC12CC3CC(C1)CC(c1ccccc1)(C3)C2)NCCN1CCOCC1. The molecule has 0 aromatic heterocycles. The first-order valence-electron chi connectivity index (χ1n) is 11.3. The predicted molar refractivity (Wildman–Crippen MR) is 110 cm³/mol. The van der Waals surface area contributed by atoms with E-state index in [2.05, 4.69) is 40.5 Å². The third-order valence-electron chi connectivity index (χ3n) is 7.96. The van der Waals surface area contributed by atoms with Crippen molar-refractivity contribution < 1.29 is 9.53 Å². The van der Waals surface area contributed by atoms with Gasteiger partial charge in [0.25, 0.3) is 0 Å². The van der Waals surface area contributed by atoms with Crippen molar-refractivity contribution in [3.8, 4) is 0 Å². The summed E-state index contributed by atoms with van der Waals surface area (Å²) in [6.45, 7) is 5.33. The van der Waals surface area contributed by atoms with Crippen molar-refractivity contribution in [2.45, 2.75) is 50.4 Å². The molecule has 5 fully saturated rings. The second kappa shape index (κ2) is 7.46. The third kappa shape index (κ3) is 3.61. The molecule has 2 atom stereocenters. The Bertz CT molecular complexity index is 684. The summed E-state index contributed by atoms with van der Waals surface area (Å²) in [7, 11) is 0. The molecule has 0 spiro atoms. The molecule has 1 aromatic rings. The lowest BCUT2D eigenvalue weighted by Crippen LogP contribution is -2.55. The zero-order valence-corrected chi connectivity index (χ0v) is 17.0. The second-order valence-electron chi connectivity index (χ2n) is 10.1. The van der Waals surface area contributed by atoms with Crippen molar-refractivity contribution in [3.05, 3.63) is 35.9 Å². The van der Waals surface area contributed by atoms with Crippen molar-refractivity contribution in [3.63, 3.8) is 0 Å². The molecule has 1 amide bonds. The molecule has 4 heteroatoms. The molecule has 1 heterocycles. The van der Waals surface area contributed by atoms with Crippen molar-refractivity contribution in [2.24, 2.45) is 17.3 Å². The van der Waals surface area contributed by atoms with Gasteiger partial charge in [0.2, 0.25) is 5.91 Å². The van der Waals surface area contributed by atoms with Crippen molar-refractivity contribution in [1.29, 1.82) is 0 Å². The van der Waals surface area contributed by atoms with Crippen LogP contribution in [0.4, 0.5) is 0 Å². The molecule has 4 nitrogen and oxygen atoms in total. The molecule has 1 N–H and O–H groups in total. The van der Waals surface area contributed by atoms with Crippen molar-refractivity contribution >= 4 is 5.91 Å². The molecule has 1 saturated heterocycles. The highest BCUT2D eigenvalue weighted by atomic mass is 16.5. The average molecular weight is 383 g/mol. The van der Waals surface area contributed by atoms with Gasteiger partial charge in [0.1, 0.15) is 0 Å². The molecule has 4 aliphatic carbocycles. The summed E-state index contributed by atoms with van der Waals surface area (Å²) >= 11 is 0. The fraction of sp³-hybridized carbons (Fsp3) is 0.708. The third-order valence-corrected chi connectivity index (χ3v) is 7.96. The molecule has 4 bridgehead atoms. The van der Waals surface area contributed by atoms with Crippen molar-refractivity contribution in [1.82, 2.24) is 10.2 Å². The topological polar surface area (TPSA) is 41.6 Å². The highest BCUT2D eigenvalue weighted by molar-refractivity contribution is 5.76. The monoisotopic (exact) mass is 382 g/mol. The first-order chi connectivity index (χ1) is 13.6. The maximum absolute atomic E-state index is 12.9. The molecule has 152 valence electrons. The van der Waals surface area contributed by atoms with Crippen LogP contribution in [-0.2, 0) is 14.9 Å². The molecule has 1 aliphatic heterocycles. The predicted octanol–water partition coefficient (Wildman–Crippen LogP) is 3.36. The fourth-order valence-electron chi connectivity index (χ4n) is 7.37. The largest absolute Gasteiger partial charge is 0.379 e. The average Bonchev–Trinajstić information content (AvgIpc) is 2.68. The van der Waals surface area contributed by atoms with E-state index >= 15 is 0 Å². The fourth-order valence-corrected chi connectivity index (χ4v) is 7.37. The quantitative estimate of drug-likeness (QED) is 0.820. The van der Waals surface area contributed by atoms with E-state index in [4.69, 9.17) is 4.74 Å². The van der Waals surface area contributed by atoms with Crippen LogP contribution >= 0.6 is 0 Å². The number of amides is 1. The molecule has 4 saturated carbocycles. The van der Waals surface area contributed by atoms with Crippen LogP contribution in [0.25, 0.3) is 0 Å². The van der Waals surface area contributed by atoms with Crippen LogP contribution < -0.4 is 5.32 Å². The van der Waals surface area contributed by atoms with Crippen LogP contribution in [0, 0.1) is 17.3 Å². The Labute approximate surface area is 169 Å². The van der Waals surface area contributed by atoms with Crippen molar-refractivity contribution in [2.75, 3.05) is 39.4 Å². The number of nitrogens with one attached hydrogen (secondary N) is 1. The van der Waals surface area contributed by atoms with E-state index in [0.717, 1.165) is 57.6 Å². The first kappa shape index (κ1) is 18.6. The van der Waals surface area contributed by atoms with Gasteiger partial charge in [-0.2, -0.15) is 0 Å². The summed E-state index contributed by atoms with van der Waals surface area (Å²) < 4.78 is 5.40. The molecule has 1 aromatic carbocycles. The minimum absolute atomic E-state index is 0.239. The Hall–Kier alpha value is -1.39. The van der Waals surface area contributed by atoms with E-state index in [1.165, 1.54) is 44.1 Å². The van der Waals surface area contributed by atoms with Crippen LogP contribution in [0.15, 0.2) is 30.3 Å². The van der Waals surface area contributed by atoms with Gasteiger partial charge in [0.15, 0.2) is 0 Å². The highest BCUT2D eigenvalue weighted by Crippen LogP contribution is 2.66. The van der Waals surface area contributed by atoms with Crippen LogP contribution in [0.5, 0.6) is 0 Å². The minimum Gasteiger partial charge on any atom is -0.379 e. The summed E-state index contributed by atoms with van der Waals surface area (Å²) in [4.78, 5) is 15.2. The number of benzene rings is 1. The van der Waals surface area contributed by atoms with Gasteiger partial charge in [-0.25, -0.2) is 0 Å². The van der Waals surface area contributed by atoms with Gasteiger partial charge in [-0.15, -0.1) is 0 Å². The lowest BCUT2D eigenvalue weighted by molar-refractivity contribution is -0.131. The van der Waals surface area contributed by atoms with E-state index in [0.29, 0.717) is 5.41 Å². The summed E-state index contributed by atoms with van der Waals surface area (Å²) in [5.74, 6) is 1.92. The van der Waals surface area contributed by atoms with Gasteiger partial charge < -0.3 is 10.1 Å². The number of hydrogen-bond acceptors (Lipinski definition) is 3. The normalized spacial score (nSPS) is 37.1. The zero-order valence-electron chi connectivity index (χ0n) is 17.0. The van der Waals surface area contributed by atoms with Gasteiger partial charge in [-0.05, 0) is 66.8 Å². The number of nitrogens with zero attached hydrogens (tertiary/aromatic N) is 1. The van der Waals surface area contributed by atoms with Crippen LogP contribution in [0.3, 0.4) is 0 Å². The number of ether oxygens (including phenoxy) is 1. The second-order valence-corrected chi connectivity index (χ2v) is 10.1. The number of rotatable bonds is 6. The summed E-state index contributed by atoms with van der Waals surface area (Å²) in [5, 5.41) is 3.24. The standard InChI is InChI=1S/C24H34N2O2/c27-22(25-6-7-26-8-10-28-11-9-26)17-23-13-19-12-20(14-23)16-24(15-19,18-23)21-4-2-1-3-5-21/h1-5,19-20H,6-18H2,(H,25,27). The number of carbonyl (C=O) groups is 1. The van der Waals surface area contributed by atoms with E-state index in [1.54, 1.807) is 0 Å². The molecular formula is C24H34N2O2. The molecular weight excluding hydrogens is 348 g/mol. The maximum Gasteiger partial charge on any atom is 0.220 e. The molecule has 2 unspecified atom stereocenters. The summed E-state index contributed by atoms with van der Waals surface area (Å²) in [5.41, 5.74) is 2.10. The molecule has 6 rings (SSSR count). The molecule has 5 aliphatic rings. The zero-order chi connectivity index (χ0) is 19.0. The Balaban J connectivity index is 1.23. The Morgan fingerprint density at radius 2 is 1.79 bits per heavy atom. The maximum atomic E-state index is 12.9. The van der Waals surface area contributed by atoms with Gasteiger partial charge >= 0.3 is 0 Å². The minimum atomic E-state index is 0.239. The van der Waals surface area contributed by atoms with Crippen LogP contribution in [-0.4, -0.2) is 50.2 Å². The van der Waals surface area contributed by atoms with E-state index in [-0.39, 0.29) is 11.3 Å². The van der Waals surface area contributed by atoms with Crippen LogP contribution in [0.2, 0.25) is 0 Å². The number of morpholine rings is 1.